The topological polar surface area (TPSA) is 108 Å². The minimum absolute atomic E-state index is 0.119. The van der Waals surface area contributed by atoms with Crippen LogP contribution >= 0.6 is 11.3 Å². The molecule has 0 unspecified atom stereocenters. The van der Waals surface area contributed by atoms with Gasteiger partial charge in [-0.05, 0) is 44.2 Å². The van der Waals surface area contributed by atoms with Crippen molar-refractivity contribution < 1.29 is 28.4 Å². The van der Waals surface area contributed by atoms with Gasteiger partial charge in [0.25, 0.3) is 5.91 Å². The van der Waals surface area contributed by atoms with E-state index < -0.39 is 11.9 Å². The van der Waals surface area contributed by atoms with Gasteiger partial charge in [0.15, 0.2) is 0 Å². The van der Waals surface area contributed by atoms with Gasteiger partial charge < -0.3 is 19.3 Å². The number of hydrogen-bond donors (Lipinski definition) is 1. The molecule has 0 spiro atoms. The van der Waals surface area contributed by atoms with Crippen molar-refractivity contribution in [3.8, 4) is 10.4 Å². The minimum Gasteiger partial charge on any atom is -0.465 e. The summed E-state index contributed by atoms with van der Waals surface area (Å²) in [6.07, 6.45) is 0. The molecule has 1 aromatic carbocycles. The van der Waals surface area contributed by atoms with Crippen LogP contribution in [0.1, 0.15) is 41.8 Å². The third-order valence-electron chi connectivity index (χ3n) is 4.14. The number of benzene rings is 1. The number of rotatable bonds is 5. The molecule has 8 nitrogen and oxygen atoms in total. The van der Waals surface area contributed by atoms with Gasteiger partial charge in [-0.25, -0.2) is 9.59 Å². The number of carbonyl (C=O) groups is 3. The Kier molecular flexibility index (Phi) is 5.79. The first-order valence-electron chi connectivity index (χ1n) is 8.50. The van der Waals surface area contributed by atoms with Crippen molar-refractivity contribution in [2.45, 2.75) is 13.8 Å². The summed E-state index contributed by atoms with van der Waals surface area (Å²) in [5.41, 5.74) is 2.10. The number of anilines is 1. The monoisotopic (exact) mass is 414 g/mol. The summed E-state index contributed by atoms with van der Waals surface area (Å²) in [4.78, 5) is 37.8. The number of aromatic nitrogens is 1. The van der Waals surface area contributed by atoms with Crippen LogP contribution in [0.5, 0.6) is 0 Å². The van der Waals surface area contributed by atoms with E-state index in [4.69, 9.17) is 14.0 Å². The molecule has 9 heteroatoms. The molecule has 3 rings (SSSR count). The number of hydrogen-bond acceptors (Lipinski definition) is 8. The van der Waals surface area contributed by atoms with Gasteiger partial charge in [-0.15, -0.1) is 11.3 Å². The van der Waals surface area contributed by atoms with Crippen molar-refractivity contribution in [3.63, 3.8) is 0 Å². The van der Waals surface area contributed by atoms with Crippen molar-refractivity contribution >= 4 is 34.9 Å². The molecule has 0 saturated heterocycles. The van der Waals surface area contributed by atoms with E-state index in [1.165, 1.54) is 43.8 Å². The molecule has 3 aromatic rings. The molecule has 0 fully saturated rings. The highest BCUT2D eigenvalue weighted by Gasteiger charge is 2.18. The van der Waals surface area contributed by atoms with Gasteiger partial charge in [0.05, 0.1) is 41.5 Å². The maximum atomic E-state index is 12.7. The van der Waals surface area contributed by atoms with Gasteiger partial charge in [-0.1, -0.05) is 5.16 Å². The van der Waals surface area contributed by atoms with Gasteiger partial charge >= 0.3 is 11.9 Å². The maximum absolute atomic E-state index is 12.7. The fourth-order valence-electron chi connectivity index (χ4n) is 2.79. The first-order chi connectivity index (χ1) is 13.8. The molecule has 0 radical (unpaired) electrons. The van der Waals surface area contributed by atoms with Crippen LogP contribution in [0.2, 0.25) is 0 Å². The third-order valence-corrected chi connectivity index (χ3v) is 5.24. The second-order valence-electron chi connectivity index (χ2n) is 6.10. The van der Waals surface area contributed by atoms with E-state index >= 15 is 0 Å². The lowest BCUT2D eigenvalue weighted by molar-refractivity contribution is 0.0599. The second-order valence-corrected chi connectivity index (χ2v) is 7.18. The quantitative estimate of drug-likeness (QED) is 0.632. The number of esters is 2. The number of amides is 1. The van der Waals surface area contributed by atoms with E-state index in [1.54, 1.807) is 13.0 Å². The van der Waals surface area contributed by atoms with Crippen molar-refractivity contribution in [2.75, 3.05) is 19.5 Å². The summed E-state index contributed by atoms with van der Waals surface area (Å²) in [6, 6.07) is 7.70. The van der Waals surface area contributed by atoms with E-state index in [0.29, 0.717) is 10.6 Å². The molecule has 1 amide bonds. The van der Waals surface area contributed by atoms with Crippen molar-refractivity contribution in [2.24, 2.45) is 0 Å². The van der Waals surface area contributed by atoms with Gasteiger partial charge in [0.1, 0.15) is 5.76 Å². The number of carbonyl (C=O) groups excluding carboxylic acids is 3. The lowest BCUT2D eigenvalue weighted by Crippen LogP contribution is -2.13. The Morgan fingerprint density at radius 1 is 1.00 bits per heavy atom. The van der Waals surface area contributed by atoms with Crippen LogP contribution in [0.4, 0.5) is 5.69 Å². The molecule has 0 atom stereocenters. The van der Waals surface area contributed by atoms with Crippen molar-refractivity contribution in [1.82, 2.24) is 5.16 Å². The Bertz CT molecular complexity index is 1040. The molecule has 0 bridgehead atoms. The van der Waals surface area contributed by atoms with Crippen LogP contribution in [0, 0.1) is 13.8 Å². The smallest absolute Gasteiger partial charge is 0.337 e. The number of nitrogens with zero attached hydrogens (tertiary/aromatic N) is 1. The zero-order valence-electron chi connectivity index (χ0n) is 16.2. The average Bonchev–Trinajstić information content (AvgIpc) is 3.32. The Labute approximate surface area is 170 Å². The maximum Gasteiger partial charge on any atom is 0.337 e. The van der Waals surface area contributed by atoms with Crippen LogP contribution < -0.4 is 5.32 Å². The number of ether oxygens (including phenoxy) is 2. The molecular weight excluding hydrogens is 396 g/mol. The molecule has 29 heavy (non-hydrogen) atoms. The van der Waals surface area contributed by atoms with Crippen LogP contribution in [0.3, 0.4) is 0 Å². The van der Waals surface area contributed by atoms with E-state index in [1.807, 2.05) is 13.0 Å². The number of methoxy groups -OCH3 is 2. The molecule has 0 saturated carbocycles. The summed E-state index contributed by atoms with van der Waals surface area (Å²) in [5, 5.41) is 6.63. The predicted molar refractivity (Wildman–Crippen MR) is 106 cm³/mol. The zero-order chi connectivity index (χ0) is 21.1. The molecule has 1 N–H and O–H groups in total. The fourth-order valence-corrected chi connectivity index (χ4v) is 3.84. The highest BCUT2D eigenvalue weighted by Crippen LogP contribution is 2.33. The van der Waals surface area contributed by atoms with Crippen molar-refractivity contribution in [3.05, 3.63) is 57.8 Å². The first kappa shape index (κ1) is 20.3. The van der Waals surface area contributed by atoms with Crippen LogP contribution in [-0.4, -0.2) is 37.2 Å². The molecular formula is C20H18N2O6S. The Balaban J connectivity index is 1.89. The van der Waals surface area contributed by atoms with Crippen LogP contribution in [0.25, 0.3) is 10.4 Å². The van der Waals surface area contributed by atoms with Gasteiger partial charge in [0.2, 0.25) is 0 Å². The van der Waals surface area contributed by atoms with Gasteiger partial charge in [0, 0.05) is 10.6 Å². The predicted octanol–water partition coefficient (Wildman–Crippen LogP) is 3.85. The highest BCUT2D eigenvalue weighted by atomic mass is 32.1. The summed E-state index contributed by atoms with van der Waals surface area (Å²) in [7, 11) is 2.46. The summed E-state index contributed by atoms with van der Waals surface area (Å²) >= 11 is 1.28. The van der Waals surface area contributed by atoms with E-state index in [-0.39, 0.29) is 22.7 Å². The van der Waals surface area contributed by atoms with Crippen LogP contribution in [0.15, 0.2) is 34.9 Å². The second kappa shape index (κ2) is 8.27. The van der Waals surface area contributed by atoms with Gasteiger partial charge in [-0.3, -0.25) is 4.79 Å². The van der Waals surface area contributed by atoms with Crippen molar-refractivity contribution in [1.29, 1.82) is 0 Å². The molecule has 0 aliphatic heterocycles. The molecule has 2 heterocycles. The zero-order valence-corrected chi connectivity index (χ0v) is 17.0. The normalized spacial score (nSPS) is 10.5. The largest absolute Gasteiger partial charge is 0.465 e. The highest BCUT2D eigenvalue weighted by molar-refractivity contribution is 7.17. The molecule has 2 aromatic heterocycles. The third kappa shape index (κ3) is 4.19. The Hall–Kier alpha value is -3.46. The van der Waals surface area contributed by atoms with E-state index in [2.05, 4.69) is 10.5 Å². The van der Waals surface area contributed by atoms with E-state index in [0.717, 1.165) is 16.1 Å². The molecule has 0 aliphatic carbocycles. The Morgan fingerprint density at radius 3 is 2.14 bits per heavy atom. The minimum atomic E-state index is -0.636. The molecule has 150 valence electrons. The molecule has 0 aliphatic rings. The number of aryl methyl sites for hydroxylation is 2. The standard InChI is InChI=1S/C20H18N2O6S/c1-10-17(11(2)28-22-10)15-5-6-16(29-15)18(23)21-14-8-12(19(24)26-3)7-13(9-14)20(25)27-4/h5-9H,1-4H3,(H,21,23). The lowest BCUT2D eigenvalue weighted by atomic mass is 10.1. The lowest BCUT2D eigenvalue weighted by Gasteiger charge is -2.09. The van der Waals surface area contributed by atoms with Crippen LogP contribution in [-0.2, 0) is 9.47 Å². The SMILES string of the molecule is COC(=O)c1cc(NC(=O)c2ccc(-c3c(C)noc3C)s2)cc(C(=O)OC)c1. The number of thiophene rings is 1. The Morgan fingerprint density at radius 2 is 1.62 bits per heavy atom. The van der Waals surface area contributed by atoms with E-state index in [9.17, 15) is 14.4 Å². The first-order valence-corrected chi connectivity index (χ1v) is 9.31. The van der Waals surface area contributed by atoms with Gasteiger partial charge in [-0.2, -0.15) is 0 Å². The summed E-state index contributed by atoms with van der Waals surface area (Å²) in [5.74, 6) is -0.984. The summed E-state index contributed by atoms with van der Waals surface area (Å²) < 4.78 is 14.6. The average molecular weight is 414 g/mol. The number of nitrogens with one attached hydrogen (secondary N) is 1. The summed E-state index contributed by atoms with van der Waals surface area (Å²) in [6.45, 7) is 3.64. The fraction of sp³-hybridized carbons (Fsp3) is 0.200.